The fourth-order valence-electron chi connectivity index (χ4n) is 4.50. The SMILES string of the molecule is C/C=N\N1C=CC(Oc2ccc(Nc3ncnc4ccc(C)c(OCC(CCCC)OCCC)c34)cc2C)=CC1. The summed E-state index contributed by atoms with van der Waals surface area (Å²) in [5, 5.41) is 10.5. The van der Waals surface area contributed by atoms with Crippen molar-refractivity contribution in [2.75, 3.05) is 25.1 Å². The van der Waals surface area contributed by atoms with Crippen LogP contribution in [0.25, 0.3) is 10.9 Å². The van der Waals surface area contributed by atoms with E-state index >= 15 is 0 Å². The van der Waals surface area contributed by atoms with Crippen molar-refractivity contribution in [2.24, 2.45) is 5.10 Å². The zero-order chi connectivity index (χ0) is 28.3. The highest BCUT2D eigenvalue weighted by molar-refractivity contribution is 5.96. The minimum atomic E-state index is 0.0577. The second-order valence-corrected chi connectivity index (χ2v) is 9.90. The van der Waals surface area contributed by atoms with Crippen LogP contribution in [-0.4, -0.2) is 47.1 Å². The fraction of sp³-hybridized carbons (Fsp3) is 0.406. The number of anilines is 2. The lowest BCUT2D eigenvalue weighted by Gasteiger charge is -2.21. The van der Waals surface area contributed by atoms with E-state index in [-0.39, 0.29) is 6.10 Å². The highest BCUT2D eigenvalue weighted by Gasteiger charge is 2.17. The lowest BCUT2D eigenvalue weighted by molar-refractivity contribution is 0.0145. The minimum absolute atomic E-state index is 0.0577. The van der Waals surface area contributed by atoms with Crippen molar-refractivity contribution in [1.29, 1.82) is 0 Å². The van der Waals surface area contributed by atoms with Crippen molar-refractivity contribution in [1.82, 2.24) is 15.0 Å². The van der Waals surface area contributed by atoms with E-state index in [0.717, 1.165) is 77.3 Å². The Bertz CT molecular complexity index is 1360. The smallest absolute Gasteiger partial charge is 0.145 e. The molecule has 0 bridgehead atoms. The molecule has 8 heteroatoms. The molecule has 1 aromatic heterocycles. The summed E-state index contributed by atoms with van der Waals surface area (Å²) in [4.78, 5) is 9.12. The van der Waals surface area contributed by atoms with Gasteiger partial charge in [-0.05, 0) is 81.2 Å². The number of rotatable bonds is 14. The number of benzene rings is 2. The number of aryl methyl sites for hydroxylation is 2. The second-order valence-electron chi connectivity index (χ2n) is 9.90. The van der Waals surface area contributed by atoms with Gasteiger partial charge in [-0.1, -0.05) is 32.8 Å². The van der Waals surface area contributed by atoms with Crippen molar-refractivity contribution in [3.63, 3.8) is 0 Å². The zero-order valence-corrected chi connectivity index (χ0v) is 24.3. The lowest BCUT2D eigenvalue weighted by Crippen LogP contribution is -2.22. The molecule has 0 aliphatic carbocycles. The highest BCUT2D eigenvalue weighted by atomic mass is 16.5. The van der Waals surface area contributed by atoms with E-state index in [0.29, 0.717) is 19.0 Å². The maximum Gasteiger partial charge on any atom is 0.145 e. The number of allylic oxidation sites excluding steroid dienone is 1. The molecule has 212 valence electrons. The van der Waals surface area contributed by atoms with Crippen LogP contribution in [0.4, 0.5) is 11.5 Å². The van der Waals surface area contributed by atoms with Crippen LogP contribution in [0.2, 0.25) is 0 Å². The largest absolute Gasteiger partial charge is 0.490 e. The van der Waals surface area contributed by atoms with Gasteiger partial charge in [-0.25, -0.2) is 9.97 Å². The summed E-state index contributed by atoms with van der Waals surface area (Å²) in [6, 6.07) is 10.1. The van der Waals surface area contributed by atoms with Gasteiger partial charge in [-0.15, -0.1) is 0 Å². The fourth-order valence-corrected chi connectivity index (χ4v) is 4.50. The van der Waals surface area contributed by atoms with E-state index in [1.165, 1.54) is 0 Å². The molecule has 3 aromatic rings. The topological polar surface area (TPSA) is 81.1 Å². The Morgan fingerprint density at radius 3 is 2.70 bits per heavy atom. The molecule has 1 N–H and O–H groups in total. The second kappa shape index (κ2) is 14.5. The van der Waals surface area contributed by atoms with Gasteiger partial charge in [-0.3, -0.25) is 5.01 Å². The highest BCUT2D eigenvalue weighted by Crippen LogP contribution is 2.35. The number of fused-ring (bicyclic) bond motifs is 1. The van der Waals surface area contributed by atoms with Gasteiger partial charge in [0.15, 0.2) is 0 Å². The van der Waals surface area contributed by atoms with Crippen molar-refractivity contribution < 1.29 is 14.2 Å². The van der Waals surface area contributed by atoms with Crippen molar-refractivity contribution in [3.8, 4) is 11.5 Å². The molecule has 1 atom stereocenters. The molecule has 4 rings (SSSR count). The van der Waals surface area contributed by atoms with Gasteiger partial charge in [0.1, 0.15) is 36.0 Å². The average Bonchev–Trinajstić information content (AvgIpc) is 2.96. The first kappa shape index (κ1) is 29.1. The van der Waals surface area contributed by atoms with E-state index in [4.69, 9.17) is 14.2 Å². The number of ether oxygens (including phenoxy) is 3. The van der Waals surface area contributed by atoms with E-state index in [9.17, 15) is 0 Å². The Labute approximate surface area is 237 Å². The van der Waals surface area contributed by atoms with E-state index < -0.39 is 0 Å². The van der Waals surface area contributed by atoms with E-state index in [2.05, 4.69) is 47.2 Å². The molecule has 0 spiro atoms. The quantitative estimate of drug-likeness (QED) is 0.211. The number of hydrogen-bond donors (Lipinski definition) is 1. The number of aromatic nitrogens is 2. The summed E-state index contributed by atoms with van der Waals surface area (Å²) in [5.74, 6) is 3.08. The normalized spacial score (nSPS) is 14.0. The number of hydrazone groups is 1. The number of nitrogens with one attached hydrogen (secondary N) is 1. The third-order valence-corrected chi connectivity index (χ3v) is 6.62. The zero-order valence-electron chi connectivity index (χ0n) is 24.3. The predicted octanol–water partition coefficient (Wildman–Crippen LogP) is 7.45. The van der Waals surface area contributed by atoms with Gasteiger partial charge < -0.3 is 19.5 Å². The summed E-state index contributed by atoms with van der Waals surface area (Å²) in [7, 11) is 0. The molecule has 2 aromatic carbocycles. The Balaban J connectivity index is 1.53. The Kier molecular flexibility index (Phi) is 10.5. The van der Waals surface area contributed by atoms with Crippen LogP contribution >= 0.6 is 0 Å². The molecule has 0 radical (unpaired) electrons. The summed E-state index contributed by atoms with van der Waals surface area (Å²) < 4.78 is 18.7. The van der Waals surface area contributed by atoms with Gasteiger partial charge in [0.25, 0.3) is 0 Å². The van der Waals surface area contributed by atoms with Crippen LogP contribution in [0.3, 0.4) is 0 Å². The third kappa shape index (κ3) is 7.60. The standard InChI is InChI=1S/C32H41N5O3/c1-6-9-10-27(38-19-7-2)21-39-31-23(4)11-13-28-30(31)32(34-22-33-28)36-25-12-14-29(24(5)20-25)40-26-15-17-37(18-16-26)35-8-3/h8,11-17,20,22,27H,6-7,9-10,18-19,21H2,1-5H3,(H,33,34,36)/b35-8-. The van der Waals surface area contributed by atoms with Gasteiger partial charge in [0.2, 0.25) is 0 Å². The van der Waals surface area contributed by atoms with Crippen molar-refractivity contribution in [2.45, 2.75) is 66.4 Å². The molecule has 0 saturated heterocycles. The van der Waals surface area contributed by atoms with Crippen LogP contribution in [-0.2, 0) is 4.74 Å². The van der Waals surface area contributed by atoms with E-state index in [1.807, 2.05) is 61.5 Å². The monoisotopic (exact) mass is 543 g/mol. The molecule has 8 nitrogen and oxygen atoms in total. The molecule has 40 heavy (non-hydrogen) atoms. The third-order valence-electron chi connectivity index (χ3n) is 6.62. The first-order valence-electron chi connectivity index (χ1n) is 14.2. The predicted molar refractivity (Wildman–Crippen MR) is 163 cm³/mol. The van der Waals surface area contributed by atoms with Crippen molar-refractivity contribution >= 4 is 28.6 Å². The molecule has 0 amide bonds. The maximum absolute atomic E-state index is 6.45. The van der Waals surface area contributed by atoms with Gasteiger partial charge in [0.05, 0.1) is 23.6 Å². The van der Waals surface area contributed by atoms with Crippen LogP contribution < -0.4 is 14.8 Å². The number of nitrogens with zero attached hydrogens (tertiary/aromatic N) is 4. The van der Waals surface area contributed by atoms with Gasteiger partial charge >= 0.3 is 0 Å². The molecule has 1 aliphatic rings. The Hall–Kier alpha value is -3.91. The Morgan fingerprint density at radius 1 is 1.10 bits per heavy atom. The molecule has 0 fully saturated rings. The lowest BCUT2D eigenvalue weighted by atomic mass is 10.1. The summed E-state index contributed by atoms with van der Waals surface area (Å²) >= 11 is 0. The Morgan fingerprint density at radius 2 is 1.98 bits per heavy atom. The molecular formula is C32H41N5O3. The van der Waals surface area contributed by atoms with Crippen LogP contribution in [0.5, 0.6) is 11.5 Å². The van der Waals surface area contributed by atoms with Crippen LogP contribution in [0.1, 0.15) is 57.6 Å². The number of unbranched alkanes of at least 4 members (excludes halogenated alkanes) is 1. The molecule has 0 saturated carbocycles. The first-order chi connectivity index (χ1) is 19.5. The first-order valence-corrected chi connectivity index (χ1v) is 14.2. The van der Waals surface area contributed by atoms with Crippen molar-refractivity contribution in [3.05, 3.63) is 71.9 Å². The molecule has 1 aliphatic heterocycles. The van der Waals surface area contributed by atoms with Crippen LogP contribution in [0, 0.1) is 13.8 Å². The summed E-state index contributed by atoms with van der Waals surface area (Å²) in [6.45, 7) is 12.2. The summed E-state index contributed by atoms with van der Waals surface area (Å²) in [6.07, 6.45) is 13.4. The van der Waals surface area contributed by atoms with Gasteiger partial charge in [-0.2, -0.15) is 5.10 Å². The molecule has 2 heterocycles. The van der Waals surface area contributed by atoms with Crippen LogP contribution in [0.15, 0.2) is 65.9 Å². The average molecular weight is 544 g/mol. The molecular weight excluding hydrogens is 502 g/mol. The minimum Gasteiger partial charge on any atom is -0.490 e. The number of hydrogen-bond acceptors (Lipinski definition) is 8. The van der Waals surface area contributed by atoms with E-state index in [1.54, 1.807) is 12.5 Å². The van der Waals surface area contributed by atoms with Gasteiger partial charge in [0, 0.05) is 24.7 Å². The summed E-state index contributed by atoms with van der Waals surface area (Å²) in [5.41, 5.74) is 3.77. The maximum atomic E-state index is 6.45. The molecule has 1 unspecified atom stereocenters.